The summed E-state index contributed by atoms with van der Waals surface area (Å²) in [5.74, 6) is 0.475. The van der Waals surface area contributed by atoms with Crippen LogP contribution in [0, 0.1) is 19.8 Å². The molecule has 0 spiro atoms. The molecule has 0 aromatic heterocycles. The van der Waals surface area contributed by atoms with Gasteiger partial charge >= 0.3 is 0 Å². The molecular weight excluding hydrogens is 172 g/mol. The molecule has 1 heteroatoms. The van der Waals surface area contributed by atoms with Gasteiger partial charge in [-0.15, -0.1) is 0 Å². The third kappa shape index (κ3) is 1.46. The molecule has 0 aliphatic heterocycles. The van der Waals surface area contributed by atoms with Crippen molar-refractivity contribution in [2.24, 2.45) is 5.92 Å². The minimum Gasteiger partial charge on any atom is -0.385 e. The summed E-state index contributed by atoms with van der Waals surface area (Å²) in [6.07, 6.45) is 2.33. The second-order valence-electron chi connectivity index (χ2n) is 4.67. The Morgan fingerprint density at radius 1 is 1.29 bits per heavy atom. The van der Waals surface area contributed by atoms with Gasteiger partial charge in [-0.25, -0.2) is 0 Å². The van der Waals surface area contributed by atoms with Gasteiger partial charge in [0.25, 0.3) is 0 Å². The molecule has 0 amide bonds. The summed E-state index contributed by atoms with van der Waals surface area (Å²) in [4.78, 5) is 0. The van der Waals surface area contributed by atoms with Crippen LogP contribution < -0.4 is 0 Å². The van der Waals surface area contributed by atoms with E-state index in [1.54, 1.807) is 0 Å². The molecule has 0 bridgehead atoms. The Balaban J connectivity index is 2.44. The van der Waals surface area contributed by atoms with E-state index in [0.717, 1.165) is 5.56 Å². The molecule has 0 saturated heterocycles. The molecule has 1 saturated carbocycles. The molecule has 0 radical (unpaired) electrons. The van der Waals surface area contributed by atoms with E-state index in [9.17, 15) is 5.11 Å². The van der Waals surface area contributed by atoms with E-state index in [1.165, 1.54) is 24.0 Å². The first kappa shape index (κ1) is 9.72. The van der Waals surface area contributed by atoms with E-state index >= 15 is 0 Å². The summed E-state index contributed by atoms with van der Waals surface area (Å²) in [5.41, 5.74) is 3.00. The highest BCUT2D eigenvalue weighted by molar-refractivity contribution is 5.37. The summed E-state index contributed by atoms with van der Waals surface area (Å²) in [7, 11) is 0. The zero-order valence-electron chi connectivity index (χ0n) is 9.17. The van der Waals surface area contributed by atoms with Gasteiger partial charge < -0.3 is 5.11 Å². The molecule has 1 nitrogen and oxygen atoms in total. The number of rotatable bonds is 2. The first-order valence-electron chi connectivity index (χ1n) is 5.32. The van der Waals surface area contributed by atoms with Gasteiger partial charge in [0, 0.05) is 0 Å². The van der Waals surface area contributed by atoms with Crippen molar-refractivity contribution < 1.29 is 5.11 Å². The molecule has 2 rings (SSSR count). The highest BCUT2D eigenvalue weighted by atomic mass is 16.3. The lowest BCUT2D eigenvalue weighted by molar-refractivity contribution is 0.0324. The van der Waals surface area contributed by atoms with Gasteiger partial charge in [0.15, 0.2) is 0 Å². The maximum atomic E-state index is 10.4. The fourth-order valence-electron chi connectivity index (χ4n) is 2.16. The van der Waals surface area contributed by atoms with Gasteiger partial charge in [-0.05, 0) is 56.2 Å². The van der Waals surface area contributed by atoms with Crippen LogP contribution in [0.25, 0.3) is 0 Å². The standard InChI is InChI=1S/C13H18O/c1-9-5-4-6-12(10(9)2)13(3,14)11-7-8-11/h4-6,11,14H,7-8H2,1-3H3. The van der Waals surface area contributed by atoms with Gasteiger partial charge in [-0.2, -0.15) is 0 Å². The van der Waals surface area contributed by atoms with Crippen molar-refractivity contribution in [2.45, 2.75) is 39.2 Å². The number of benzene rings is 1. The maximum absolute atomic E-state index is 10.4. The topological polar surface area (TPSA) is 20.2 Å². The second-order valence-corrected chi connectivity index (χ2v) is 4.67. The SMILES string of the molecule is Cc1cccc(C(C)(O)C2CC2)c1C. The smallest absolute Gasteiger partial charge is 0.0899 e. The van der Waals surface area contributed by atoms with Crippen LogP contribution in [0.5, 0.6) is 0 Å². The van der Waals surface area contributed by atoms with E-state index in [-0.39, 0.29) is 0 Å². The average molecular weight is 190 g/mol. The fourth-order valence-corrected chi connectivity index (χ4v) is 2.16. The molecule has 1 unspecified atom stereocenters. The van der Waals surface area contributed by atoms with E-state index in [1.807, 2.05) is 13.0 Å². The van der Waals surface area contributed by atoms with Crippen molar-refractivity contribution in [3.05, 3.63) is 34.9 Å². The van der Waals surface area contributed by atoms with Crippen molar-refractivity contribution in [3.8, 4) is 0 Å². The van der Waals surface area contributed by atoms with Crippen LogP contribution in [0.1, 0.15) is 36.5 Å². The molecule has 1 fully saturated rings. The van der Waals surface area contributed by atoms with Crippen LogP contribution in [-0.4, -0.2) is 5.11 Å². The van der Waals surface area contributed by atoms with Crippen molar-refractivity contribution in [3.63, 3.8) is 0 Å². The molecule has 1 aliphatic carbocycles. The van der Waals surface area contributed by atoms with Crippen molar-refractivity contribution >= 4 is 0 Å². The van der Waals surface area contributed by atoms with Crippen LogP contribution in [-0.2, 0) is 5.60 Å². The number of aryl methyl sites for hydroxylation is 1. The van der Waals surface area contributed by atoms with Gasteiger partial charge in [0.05, 0.1) is 5.60 Å². The fraction of sp³-hybridized carbons (Fsp3) is 0.538. The van der Waals surface area contributed by atoms with Gasteiger partial charge in [-0.1, -0.05) is 18.2 Å². The van der Waals surface area contributed by atoms with E-state index in [0.29, 0.717) is 5.92 Å². The predicted octanol–water partition coefficient (Wildman–Crippen LogP) is 2.92. The average Bonchev–Trinajstić information content (AvgIpc) is 2.92. The Morgan fingerprint density at radius 3 is 2.50 bits per heavy atom. The Bertz CT molecular complexity index is 348. The molecule has 1 atom stereocenters. The van der Waals surface area contributed by atoms with Gasteiger partial charge in [-0.3, -0.25) is 0 Å². The minimum atomic E-state index is -0.615. The summed E-state index contributed by atoms with van der Waals surface area (Å²) in [6.45, 7) is 6.15. The summed E-state index contributed by atoms with van der Waals surface area (Å²) < 4.78 is 0. The summed E-state index contributed by atoms with van der Waals surface area (Å²) in [6, 6.07) is 6.19. The molecule has 14 heavy (non-hydrogen) atoms. The number of aliphatic hydroxyl groups is 1. The van der Waals surface area contributed by atoms with Crippen LogP contribution >= 0.6 is 0 Å². The molecule has 1 aromatic carbocycles. The number of hydrogen-bond donors (Lipinski definition) is 1. The third-order valence-electron chi connectivity index (χ3n) is 3.52. The van der Waals surface area contributed by atoms with Crippen molar-refractivity contribution in [1.82, 2.24) is 0 Å². The van der Waals surface area contributed by atoms with Crippen LogP contribution in [0.2, 0.25) is 0 Å². The largest absolute Gasteiger partial charge is 0.385 e. The van der Waals surface area contributed by atoms with Gasteiger partial charge in [0.1, 0.15) is 0 Å². The Labute approximate surface area is 85.8 Å². The van der Waals surface area contributed by atoms with Crippen molar-refractivity contribution in [2.75, 3.05) is 0 Å². The zero-order chi connectivity index (χ0) is 10.3. The highest BCUT2D eigenvalue weighted by Crippen LogP contribution is 2.46. The number of hydrogen-bond acceptors (Lipinski definition) is 1. The molecule has 0 heterocycles. The molecule has 1 aromatic rings. The summed E-state index contributed by atoms with van der Waals surface area (Å²) >= 11 is 0. The monoisotopic (exact) mass is 190 g/mol. The Kier molecular flexibility index (Phi) is 2.15. The Hall–Kier alpha value is -0.820. The molecule has 1 aliphatic rings. The van der Waals surface area contributed by atoms with Gasteiger partial charge in [0.2, 0.25) is 0 Å². The van der Waals surface area contributed by atoms with Crippen LogP contribution in [0.4, 0.5) is 0 Å². The molecular formula is C13H18O. The first-order chi connectivity index (χ1) is 6.53. The van der Waals surface area contributed by atoms with Crippen LogP contribution in [0.15, 0.2) is 18.2 Å². The van der Waals surface area contributed by atoms with Crippen LogP contribution in [0.3, 0.4) is 0 Å². The maximum Gasteiger partial charge on any atom is 0.0899 e. The van der Waals surface area contributed by atoms with E-state index in [4.69, 9.17) is 0 Å². The lowest BCUT2D eigenvalue weighted by Gasteiger charge is -2.26. The first-order valence-corrected chi connectivity index (χ1v) is 5.32. The van der Waals surface area contributed by atoms with E-state index in [2.05, 4.69) is 26.0 Å². The lowest BCUT2D eigenvalue weighted by Crippen LogP contribution is -2.25. The lowest BCUT2D eigenvalue weighted by atomic mass is 9.86. The molecule has 76 valence electrons. The predicted molar refractivity (Wildman–Crippen MR) is 58.2 cm³/mol. The highest BCUT2D eigenvalue weighted by Gasteiger charge is 2.41. The second kappa shape index (κ2) is 3.09. The Morgan fingerprint density at radius 2 is 1.93 bits per heavy atom. The zero-order valence-corrected chi connectivity index (χ0v) is 9.17. The normalized spacial score (nSPS) is 20.6. The quantitative estimate of drug-likeness (QED) is 0.760. The minimum absolute atomic E-state index is 0.475. The van der Waals surface area contributed by atoms with Crippen molar-refractivity contribution in [1.29, 1.82) is 0 Å². The third-order valence-corrected chi connectivity index (χ3v) is 3.52. The molecule has 1 N–H and O–H groups in total. The van der Waals surface area contributed by atoms with E-state index < -0.39 is 5.60 Å². The summed E-state index contributed by atoms with van der Waals surface area (Å²) in [5, 5.41) is 10.4.